The van der Waals surface area contributed by atoms with E-state index in [-0.39, 0.29) is 0 Å². The van der Waals surface area contributed by atoms with E-state index in [0.29, 0.717) is 5.54 Å². The van der Waals surface area contributed by atoms with E-state index < -0.39 is 0 Å². The van der Waals surface area contributed by atoms with Gasteiger partial charge < -0.3 is 5.32 Å². The Bertz CT molecular complexity index is 472. The number of aliphatic imine (C=N–C) groups is 1. The molecule has 1 aromatic rings. The number of hydrogen-bond donors (Lipinski definition) is 1. The molecule has 1 aliphatic heterocycles. The van der Waals surface area contributed by atoms with Crippen molar-refractivity contribution in [1.82, 2.24) is 15.1 Å². The van der Waals surface area contributed by atoms with Crippen LogP contribution in [0.1, 0.15) is 38.3 Å². The summed E-state index contributed by atoms with van der Waals surface area (Å²) in [5.41, 5.74) is 1.50. The summed E-state index contributed by atoms with van der Waals surface area (Å²) in [5, 5.41) is 8.99. The molecule has 0 radical (unpaired) electrons. The molecule has 2 fully saturated rings. The van der Waals surface area contributed by atoms with Crippen molar-refractivity contribution in [1.29, 1.82) is 0 Å². The van der Waals surface area contributed by atoms with Gasteiger partial charge in [0, 0.05) is 24.5 Å². The van der Waals surface area contributed by atoms with E-state index in [2.05, 4.69) is 17.3 Å². The molecule has 104 valence electrons. The van der Waals surface area contributed by atoms with Gasteiger partial charge in [0.05, 0.1) is 12.2 Å². The van der Waals surface area contributed by atoms with Crippen molar-refractivity contribution in [3.8, 4) is 0 Å². The molecule has 1 saturated carbocycles. The van der Waals surface area contributed by atoms with Gasteiger partial charge in [-0.3, -0.25) is 9.67 Å². The maximum atomic E-state index is 4.70. The van der Waals surface area contributed by atoms with Crippen molar-refractivity contribution in [2.75, 3.05) is 5.75 Å². The second-order valence-corrected chi connectivity index (χ2v) is 6.91. The predicted molar refractivity (Wildman–Crippen MR) is 80.3 cm³/mol. The maximum Gasteiger partial charge on any atom is 0.157 e. The monoisotopic (exact) mass is 278 g/mol. The summed E-state index contributed by atoms with van der Waals surface area (Å²) in [4.78, 5) is 4.70. The molecule has 0 atom stereocenters. The number of nitrogens with zero attached hydrogens (tertiary/aromatic N) is 3. The van der Waals surface area contributed by atoms with Gasteiger partial charge in [-0.2, -0.15) is 5.10 Å². The average molecular weight is 278 g/mol. The summed E-state index contributed by atoms with van der Waals surface area (Å²) in [6.07, 6.45) is 7.12. The summed E-state index contributed by atoms with van der Waals surface area (Å²) < 4.78 is 1.89. The molecule has 3 rings (SSSR count). The number of aryl methyl sites for hydroxylation is 1. The quantitative estimate of drug-likeness (QED) is 0.904. The third-order valence-corrected chi connectivity index (χ3v) is 5.60. The van der Waals surface area contributed by atoms with Gasteiger partial charge in [0.15, 0.2) is 5.17 Å². The molecule has 0 bridgehead atoms. The summed E-state index contributed by atoms with van der Waals surface area (Å²) in [6.45, 7) is 3.09. The number of aromatic nitrogens is 2. The first-order valence-corrected chi connectivity index (χ1v) is 8.08. The average Bonchev–Trinajstić information content (AvgIpc) is 2.99. The van der Waals surface area contributed by atoms with Crippen LogP contribution in [-0.2, 0) is 13.6 Å². The smallest absolute Gasteiger partial charge is 0.157 e. The lowest BCUT2D eigenvalue weighted by molar-refractivity contribution is 0.251. The van der Waals surface area contributed by atoms with Gasteiger partial charge in [-0.15, -0.1) is 0 Å². The van der Waals surface area contributed by atoms with Crippen LogP contribution in [0.4, 0.5) is 0 Å². The molecule has 19 heavy (non-hydrogen) atoms. The first-order valence-electron chi connectivity index (χ1n) is 7.09. The third kappa shape index (κ3) is 2.81. The number of amidine groups is 1. The van der Waals surface area contributed by atoms with Gasteiger partial charge in [0.1, 0.15) is 0 Å². The van der Waals surface area contributed by atoms with E-state index in [0.717, 1.165) is 23.3 Å². The summed E-state index contributed by atoms with van der Waals surface area (Å²) in [5.74, 6) is 2.08. The van der Waals surface area contributed by atoms with Gasteiger partial charge in [-0.05, 0) is 37.7 Å². The van der Waals surface area contributed by atoms with E-state index in [1.165, 1.54) is 31.4 Å². The zero-order valence-corrected chi connectivity index (χ0v) is 12.5. The third-order valence-electron chi connectivity index (χ3n) is 4.40. The highest BCUT2D eigenvalue weighted by Gasteiger charge is 2.39. The van der Waals surface area contributed by atoms with Gasteiger partial charge >= 0.3 is 0 Å². The second-order valence-electron chi connectivity index (χ2n) is 5.94. The van der Waals surface area contributed by atoms with Crippen molar-refractivity contribution in [3.63, 3.8) is 0 Å². The van der Waals surface area contributed by atoms with E-state index in [4.69, 9.17) is 4.99 Å². The SMILES string of the molecule is CC1CCC2(CC1)CSC(=NCc1ccnn1C)N2. The van der Waals surface area contributed by atoms with Crippen LogP contribution in [0.5, 0.6) is 0 Å². The molecule has 0 unspecified atom stereocenters. The second kappa shape index (κ2) is 5.19. The standard InChI is InChI=1S/C14H22N4S/c1-11-3-6-14(7-4-11)10-19-13(17-14)15-9-12-5-8-16-18(12)2/h5,8,11H,3-4,6-7,9-10H2,1-2H3,(H,15,17). The molecule has 1 saturated heterocycles. The minimum Gasteiger partial charge on any atom is -0.359 e. The van der Waals surface area contributed by atoms with Crippen LogP contribution < -0.4 is 5.32 Å². The van der Waals surface area contributed by atoms with E-state index in [9.17, 15) is 0 Å². The zero-order valence-electron chi connectivity index (χ0n) is 11.7. The van der Waals surface area contributed by atoms with Crippen molar-refractivity contribution in [3.05, 3.63) is 18.0 Å². The van der Waals surface area contributed by atoms with E-state index in [1.807, 2.05) is 35.8 Å². The number of rotatable bonds is 2. The Morgan fingerprint density at radius 2 is 2.32 bits per heavy atom. The minimum atomic E-state index is 0.336. The van der Waals surface area contributed by atoms with Crippen LogP contribution in [0.25, 0.3) is 0 Å². The molecule has 1 aliphatic carbocycles. The largest absolute Gasteiger partial charge is 0.359 e. The van der Waals surface area contributed by atoms with Crippen LogP contribution in [-0.4, -0.2) is 26.2 Å². The number of nitrogens with one attached hydrogen (secondary N) is 1. The Kier molecular flexibility index (Phi) is 3.56. The lowest BCUT2D eigenvalue weighted by Crippen LogP contribution is -2.46. The summed E-state index contributed by atoms with van der Waals surface area (Å²) in [6, 6.07) is 2.03. The zero-order chi connectivity index (χ0) is 13.3. The molecule has 2 heterocycles. The lowest BCUT2D eigenvalue weighted by Gasteiger charge is -2.35. The van der Waals surface area contributed by atoms with Gasteiger partial charge in [-0.25, -0.2) is 0 Å². The van der Waals surface area contributed by atoms with E-state index in [1.54, 1.807) is 0 Å². The van der Waals surface area contributed by atoms with Crippen LogP contribution in [0.2, 0.25) is 0 Å². The van der Waals surface area contributed by atoms with Gasteiger partial charge in [0.2, 0.25) is 0 Å². The molecule has 5 heteroatoms. The van der Waals surface area contributed by atoms with Crippen molar-refractivity contribution in [2.45, 2.75) is 44.7 Å². The van der Waals surface area contributed by atoms with Crippen LogP contribution >= 0.6 is 11.8 Å². The molecule has 0 amide bonds. The predicted octanol–water partition coefficient (Wildman–Crippen LogP) is 2.56. The number of thioether (sulfide) groups is 1. The topological polar surface area (TPSA) is 42.2 Å². The highest BCUT2D eigenvalue weighted by atomic mass is 32.2. The van der Waals surface area contributed by atoms with Crippen molar-refractivity contribution < 1.29 is 0 Å². The Hall–Kier alpha value is -0.970. The molecule has 2 aliphatic rings. The molecular formula is C14H22N4S. The normalized spacial score (nSPS) is 32.9. The van der Waals surface area contributed by atoms with Gasteiger partial charge in [-0.1, -0.05) is 18.7 Å². The first-order chi connectivity index (χ1) is 9.17. The van der Waals surface area contributed by atoms with Crippen molar-refractivity contribution >= 4 is 16.9 Å². The molecule has 0 aromatic carbocycles. The van der Waals surface area contributed by atoms with Crippen LogP contribution in [0.15, 0.2) is 17.3 Å². The van der Waals surface area contributed by atoms with Crippen molar-refractivity contribution in [2.24, 2.45) is 18.0 Å². The fourth-order valence-electron chi connectivity index (χ4n) is 2.88. The summed E-state index contributed by atoms with van der Waals surface area (Å²) in [7, 11) is 1.97. The Balaban J connectivity index is 1.61. The van der Waals surface area contributed by atoms with Crippen LogP contribution in [0, 0.1) is 5.92 Å². The van der Waals surface area contributed by atoms with Crippen LogP contribution in [0.3, 0.4) is 0 Å². The molecule has 1 aromatic heterocycles. The Labute approximate surface area is 119 Å². The molecular weight excluding hydrogens is 256 g/mol. The fraction of sp³-hybridized carbons (Fsp3) is 0.714. The minimum absolute atomic E-state index is 0.336. The van der Waals surface area contributed by atoms with E-state index >= 15 is 0 Å². The lowest BCUT2D eigenvalue weighted by atomic mass is 9.78. The Morgan fingerprint density at radius 3 is 3.00 bits per heavy atom. The van der Waals surface area contributed by atoms with Gasteiger partial charge in [0.25, 0.3) is 0 Å². The number of hydrogen-bond acceptors (Lipinski definition) is 3. The molecule has 1 spiro atoms. The molecule has 1 N–H and O–H groups in total. The highest BCUT2D eigenvalue weighted by molar-refractivity contribution is 8.14. The first kappa shape index (κ1) is 13.0. The Morgan fingerprint density at radius 1 is 1.53 bits per heavy atom. The summed E-state index contributed by atoms with van der Waals surface area (Å²) >= 11 is 1.89. The molecule has 4 nitrogen and oxygen atoms in total. The fourth-order valence-corrected chi connectivity index (χ4v) is 4.10. The maximum absolute atomic E-state index is 4.70. The highest BCUT2D eigenvalue weighted by Crippen LogP contribution is 2.38.